The van der Waals surface area contributed by atoms with E-state index in [2.05, 4.69) is 43.8 Å². The minimum Gasteiger partial charge on any atom is -0.488 e. The molecule has 0 radical (unpaired) electrons. The number of hydrogen-bond donors (Lipinski definition) is 2. The van der Waals surface area contributed by atoms with Gasteiger partial charge in [-0.15, -0.1) is 11.6 Å². The number of nitrogens with one attached hydrogen (secondary N) is 2. The van der Waals surface area contributed by atoms with Crippen LogP contribution in [0.1, 0.15) is 46.7 Å². The molecule has 3 heterocycles. The van der Waals surface area contributed by atoms with E-state index in [4.69, 9.17) is 37.4 Å². The second kappa shape index (κ2) is 20.2. The van der Waals surface area contributed by atoms with Crippen LogP contribution in [-0.2, 0) is 30.7 Å². The topological polar surface area (TPSA) is 114 Å². The lowest BCUT2D eigenvalue weighted by atomic mass is 9.76. The molecule has 288 valence electrons. The molecule has 1 aliphatic rings. The van der Waals surface area contributed by atoms with Gasteiger partial charge in [0.15, 0.2) is 0 Å². The van der Waals surface area contributed by atoms with Crippen molar-refractivity contribution in [3.05, 3.63) is 167 Å². The first-order valence-corrected chi connectivity index (χ1v) is 19.5. The largest absolute Gasteiger partial charge is 0.488 e. The lowest BCUT2D eigenvalue weighted by molar-refractivity contribution is -0.0524. The van der Waals surface area contributed by atoms with Crippen molar-refractivity contribution in [2.24, 2.45) is 0 Å². The molecule has 5 aromatic rings. The van der Waals surface area contributed by atoms with Crippen LogP contribution >= 0.6 is 23.2 Å². The highest BCUT2D eigenvalue weighted by Crippen LogP contribution is 2.47. The van der Waals surface area contributed by atoms with Crippen LogP contribution in [-0.4, -0.2) is 58.3 Å². The van der Waals surface area contributed by atoms with E-state index < -0.39 is 10.5 Å². The van der Waals surface area contributed by atoms with E-state index in [1.165, 1.54) is 17.3 Å². The van der Waals surface area contributed by atoms with Crippen LogP contribution in [0.4, 0.5) is 0 Å². The Bertz CT molecular complexity index is 2110. The minimum absolute atomic E-state index is 0.0833. The summed E-state index contributed by atoms with van der Waals surface area (Å²) in [5, 5.41) is 16.9. The fourth-order valence-corrected chi connectivity index (χ4v) is 7.12. The highest BCUT2D eigenvalue weighted by Gasteiger charge is 2.51. The number of aromatic nitrogens is 3. The Balaban J connectivity index is 1.19. The van der Waals surface area contributed by atoms with Crippen molar-refractivity contribution in [2.45, 2.75) is 49.8 Å². The van der Waals surface area contributed by atoms with Gasteiger partial charge < -0.3 is 24.8 Å². The van der Waals surface area contributed by atoms with Crippen molar-refractivity contribution in [3.8, 4) is 17.6 Å². The minimum atomic E-state index is -1.05. The first-order chi connectivity index (χ1) is 27.4. The third kappa shape index (κ3) is 10.8. The standard InChI is InChI=1S/C45H46Cl2N6O3/c1-44(47)40(38-7-3-2-4-8-38)9-5-16-45(44,56-24-6-17-49-18-10-34-11-19-50-20-12-34)33-55-43-27-42(54-32-37-25-36(28-48)29-53-30-37)39(26-41(43)46)31-52-23-15-35-13-21-51-22-14-35/h2-5,7-9,11-14,16,19-22,25-27,29-30,49,52H,6,10,15,17-18,23-24,31-33H2,1H3. The second-order valence-electron chi connectivity index (χ2n) is 13.7. The van der Waals surface area contributed by atoms with Crippen molar-refractivity contribution >= 4 is 28.8 Å². The Morgan fingerprint density at radius 3 is 2.21 bits per heavy atom. The maximum absolute atomic E-state index is 9.40. The van der Waals surface area contributed by atoms with E-state index in [0.717, 1.165) is 61.2 Å². The van der Waals surface area contributed by atoms with Gasteiger partial charge in [0.2, 0.25) is 0 Å². The van der Waals surface area contributed by atoms with E-state index in [1.807, 2.05) is 92.1 Å². The third-order valence-electron chi connectivity index (χ3n) is 9.74. The van der Waals surface area contributed by atoms with E-state index in [1.54, 1.807) is 24.7 Å². The van der Waals surface area contributed by atoms with Crippen molar-refractivity contribution in [2.75, 3.05) is 32.8 Å². The molecule has 0 spiro atoms. The van der Waals surface area contributed by atoms with E-state index in [-0.39, 0.29) is 13.2 Å². The van der Waals surface area contributed by atoms with Crippen molar-refractivity contribution in [3.63, 3.8) is 0 Å². The summed E-state index contributed by atoms with van der Waals surface area (Å²) in [5.74, 6) is 1.03. The van der Waals surface area contributed by atoms with Gasteiger partial charge in [0.1, 0.15) is 41.3 Å². The van der Waals surface area contributed by atoms with Crippen LogP contribution in [0.5, 0.6) is 11.5 Å². The molecule has 11 heteroatoms. The van der Waals surface area contributed by atoms with Gasteiger partial charge in [0, 0.05) is 67.5 Å². The Morgan fingerprint density at radius 2 is 1.50 bits per heavy atom. The molecule has 2 N–H and O–H groups in total. The zero-order valence-corrected chi connectivity index (χ0v) is 33.0. The van der Waals surface area contributed by atoms with Crippen LogP contribution in [0.25, 0.3) is 5.57 Å². The van der Waals surface area contributed by atoms with E-state index >= 15 is 0 Å². The molecule has 0 fully saturated rings. The molecule has 0 saturated heterocycles. The van der Waals surface area contributed by atoms with Gasteiger partial charge in [0.05, 0.1) is 10.6 Å². The average Bonchev–Trinajstić information content (AvgIpc) is 3.23. The summed E-state index contributed by atoms with van der Waals surface area (Å²) in [7, 11) is 0. The number of ether oxygens (including phenoxy) is 3. The molecular formula is C45H46Cl2N6O3. The van der Waals surface area contributed by atoms with Gasteiger partial charge in [-0.25, -0.2) is 0 Å². The molecule has 2 unspecified atom stereocenters. The summed E-state index contributed by atoms with van der Waals surface area (Å²) in [6.07, 6.45) is 19.0. The molecule has 0 aliphatic heterocycles. The lowest BCUT2D eigenvalue weighted by Crippen LogP contribution is -2.55. The van der Waals surface area contributed by atoms with Gasteiger partial charge >= 0.3 is 0 Å². The molecular weight excluding hydrogens is 743 g/mol. The summed E-state index contributed by atoms with van der Waals surface area (Å²) in [5.41, 5.74) is 5.41. The SMILES string of the molecule is CC1(Cl)C(c2ccccc2)=CC=CC1(COc1cc(OCc2cncc(C#N)c2)c(CNCCc2ccncc2)cc1Cl)OCCCNCCc1ccncc1. The molecule has 56 heavy (non-hydrogen) atoms. The maximum Gasteiger partial charge on any atom is 0.143 e. The van der Waals surface area contributed by atoms with E-state index in [0.29, 0.717) is 35.2 Å². The van der Waals surface area contributed by atoms with Crippen molar-refractivity contribution < 1.29 is 14.2 Å². The monoisotopic (exact) mass is 788 g/mol. The third-order valence-corrected chi connectivity index (χ3v) is 10.6. The second-order valence-corrected chi connectivity index (χ2v) is 14.9. The number of rotatable bonds is 20. The smallest absolute Gasteiger partial charge is 0.143 e. The average molecular weight is 790 g/mol. The zero-order valence-electron chi connectivity index (χ0n) is 31.5. The number of alkyl halides is 1. The Morgan fingerprint density at radius 1 is 0.786 bits per heavy atom. The van der Waals surface area contributed by atoms with Crippen molar-refractivity contribution in [1.29, 1.82) is 5.26 Å². The van der Waals surface area contributed by atoms with Gasteiger partial charge in [-0.1, -0.05) is 54.1 Å². The number of nitriles is 1. The summed E-state index contributed by atoms with van der Waals surface area (Å²) in [6, 6.07) is 25.8. The number of nitrogens with zero attached hydrogens (tertiary/aromatic N) is 4. The molecule has 0 bridgehead atoms. The number of allylic oxidation sites excluding steroid dienone is 2. The lowest BCUT2D eigenvalue weighted by Gasteiger charge is -2.45. The quantitative estimate of drug-likeness (QED) is 0.0594. The zero-order chi connectivity index (χ0) is 39.1. The van der Waals surface area contributed by atoms with Crippen LogP contribution in [0.15, 0.2) is 128 Å². The first kappa shape index (κ1) is 40.6. The van der Waals surface area contributed by atoms with Crippen LogP contribution in [0.2, 0.25) is 5.02 Å². The Kier molecular flexibility index (Phi) is 14.6. The molecule has 6 rings (SSSR count). The predicted molar refractivity (Wildman–Crippen MR) is 222 cm³/mol. The molecule has 0 amide bonds. The first-order valence-electron chi connectivity index (χ1n) is 18.8. The molecule has 0 saturated carbocycles. The molecule has 2 aromatic carbocycles. The van der Waals surface area contributed by atoms with Crippen molar-refractivity contribution in [1.82, 2.24) is 25.6 Å². The molecule has 3 aromatic heterocycles. The molecule has 1 aliphatic carbocycles. The van der Waals surface area contributed by atoms with Crippen LogP contribution in [0, 0.1) is 11.3 Å². The fraction of sp³-hybridized carbons (Fsp3) is 0.289. The summed E-state index contributed by atoms with van der Waals surface area (Å²) in [4.78, 5) is 11.4. The maximum atomic E-state index is 9.40. The van der Waals surface area contributed by atoms with Crippen LogP contribution < -0.4 is 20.1 Å². The number of hydrogen-bond acceptors (Lipinski definition) is 9. The van der Waals surface area contributed by atoms with Gasteiger partial charge in [-0.3, -0.25) is 15.0 Å². The Hall–Kier alpha value is -5.08. The number of pyridine rings is 3. The predicted octanol–water partition coefficient (Wildman–Crippen LogP) is 8.32. The summed E-state index contributed by atoms with van der Waals surface area (Å²) < 4.78 is 19.8. The highest BCUT2D eigenvalue weighted by atomic mass is 35.5. The molecule has 2 atom stereocenters. The van der Waals surface area contributed by atoms with Gasteiger partial charge in [0.25, 0.3) is 0 Å². The van der Waals surface area contributed by atoms with Gasteiger partial charge in [-0.05, 0) is 111 Å². The fourth-order valence-electron chi connectivity index (χ4n) is 6.53. The van der Waals surface area contributed by atoms with Crippen LogP contribution in [0.3, 0.4) is 0 Å². The van der Waals surface area contributed by atoms with E-state index in [9.17, 15) is 5.26 Å². The normalized spacial score (nSPS) is 17.6. The Labute approximate surface area is 339 Å². The highest BCUT2D eigenvalue weighted by molar-refractivity contribution is 6.32. The number of benzene rings is 2. The summed E-state index contributed by atoms with van der Waals surface area (Å²) >= 11 is 14.6. The molecule has 9 nitrogen and oxygen atoms in total. The number of halogens is 2. The van der Waals surface area contributed by atoms with Gasteiger partial charge in [-0.2, -0.15) is 5.26 Å². The summed E-state index contributed by atoms with van der Waals surface area (Å²) in [6.45, 7) is 5.59.